The Labute approximate surface area is 176 Å². The van der Waals surface area contributed by atoms with Gasteiger partial charge < -0.3 is 19.7 Å². The minimum absolute atomic E-state index is 0.0418. The highest BCUT2D eigenvalue weighted by Gasteiger charge is 2.36. The number of benzene rings is 2. The predicted molar refractivity (Wildman–Crippen MR) is 114 cm³/mol. The minimum Gasteiger partial charge on any atom is -0.458 e. The van der Waals surface area contributed by atoms with Crippen LogP contribution in [-0.2, 0) is 9.47 Å². The molecule has 2 aliphatic heterocycles. The summed E-state index contributed by atoms with van der Waals surface area (Å²) in [6.07, 6.45) is -0.946. The average molecular weight is 409 g/mol. The number of alkyl carbamates (subject to hydrolysis) is 1. The van der Waals surface area contributed by atoms with E-state index in [1.54, 1.807) is 12.1 Å². The van der Waals surface area contributed by atoms with Gasteiger partial charge in [0.05, 0.1) is 11.6 Å². The fourth-order valence-electron chi connectivity index (χ4n) is 3.85. The number of hydrogen-bond acceptors (Lipinski definition) is 6. The zero-order valence-corrected chi connectivity index (χ0v) is 17.1. The average Bonchev–Trinajstić information content (AvgIpc) is 3.12. The van der Waals surface area contributed by atoms with E-state index >= 15 is 0 Å². The van der Waals surface area contributed by atoms with Gasteiger partial charge in [0, 0.05) is 38.4 Å². The van der Waals surface area contributed by atoms with Crippen molar-refractivity contribution in [3.05, 3.63) is 65.7 Å². The Morgan fingerprint density at radius 1 is 1.07 bits per heavy atom. The standard InChI is InChI=1S/C23H27N3O4/c1-17-7-9-18(10-8-17)22(27)29-16-21-20(24-23(28)30-21)15-25-11-13-26(14-12-25)19-5-3-2-4-6-19/h2-10,20-21H,11-16H2,1H3,(H,24,28)/t20-,21-/m1/s1. The molecule has 2 heterocycles. The Bertz CT molecular complexity index is 864. The highest BCUT2D eigenvalue weighted by atomic mass is 16.6. The number of cyclic esters (lactones) is 1. The van der Waals surface area contributed by atoms with E-state index in [9.17, 15) is 9.59 Å². The molecule has 158 valence electrons. The molecule has 7 nitrogen and oxygen atoms in total. The molecule has 7 heteroatoms. The highest BCUT2D eigenvalue weighted by molar-refractivity contribution is 5.89. The molecule has 0 unspecified atom stereocenters. The van der Waals surface area contributed by atoms with Crippen molar-refractivity contribution < 1.29 is 19.1 Å². The van der Waals surface area contributed by atoms with Gasteiger partial charge in [0.25, 0.3) is 0 Å². The first-order chi connectivity index (χ1) is 14.6. The largest absolute Gasteiger partial charge is 0.458 e. The van der Waals surface area contributed by atoms with Gasteiger partial charge in [-0.05, 0) is 31.2 Å². The zero-order valence-electron chi connectivity index (χ0n) is 17.1. The summed E-state index contributed by atoms with van der Waals surface area (Å²) in [6, 6.07) is 17.4. The molecule has 1 N–H and O–H groups in total. The van der Waals surface area contributed by atoms with Gasteiger partial charge in [0.1, 0.15) is 6.61 Å². The van der Waals surface area contributed by atoms with E-state index in [4.69, 9.17) is 9.47 Å². The molecule has 30 heavy (non-hydrogen) atoms. The fourth-order valence-corrected chi connectivity index (χ4v) is 3.85. The second-order valence-electron chi connectivity index (χ2n) is 7.78. The van der Waals surface area contributed by atoms with Crippen molar-refractivity contribution in [1.82, 2.24) is 10.2 Å². The first kappa shape index (κ1) is 20.2. The van der Waals surface area contributed by atoms with Crippen LogP contribution in [0.3, 0.4) is 0 Å². The number of amides is 1. The third kappa shape index (κ3) is 4.91. The Kier molecular flexibility index (Phi) is 6.18. The predicted octanol–water partition coefficient (Wildman–Crippen LogP) is 2.45. The molecule has 0 spiro atoms. The van der Waals surface area contributed by atoms with Crippen LogP contribution in [-0.4, -0.2) is 68.4 Å². The van der Waals surface area contributed by atoms with Crippen LogP contribution < -0.4 is 10.2 Å². The summed E-state index contributed by atoms with van der Waals surface area (Å²) >= 11 is 0. The molecule has 0 saturated carbocycles. The molecule has 2 fully saturated rings. The van der Waals surface area contributed by atoms with Crippen LogP contribution in [0.25, 0.3) is 0 Å². The number of anilines is 1. The number of aryl methyl sites for hydroxylation is 1. The van der Waals surface area contributed by atoms with E-state index in [1.165, 1.54) is 5.69 Å². The zero-order chi connectivity index (χ0) is 20.9. The molecule has 0 aliphatic carbocycles. The highest BCUT2D eigenvalue weighted by Crippen LogP contribution is 2.18. The lowest BCUT2D eigenvalue weighted by atomic mass is 10.1. The van der Waals surface area contributed by atoms with Gasteiger partial charge >= 0.3 is 12.1 Å². The van der Waals surface area contributed by atoms with Crippen LogP contribution in [0.1, 0.15) is 15.9 Å². The van der Waals surface area contributed by atoms with Crippen molar-refractivity contribution in [1.29, 1.82) is 0 Å². The topological polar surface area (TPSA) is 71.1 Å². The maximum atomic E-state index is 12.3. The summed E-state index contributed by atoms with van der Waals surface area (Å²) in [4.78, 5) is 28.7. The second-order valence-corrected chi connectivity index (χ2v) is 7.78. The van der Waals surface area contributed by atoms with Gasteiger partial charge in [-0.15, -0.1) is 0 Å². The number of ether oxygens (including phenoxy) is 2. The van der Waals surface area contributed by atoms with Crippen molar-refractivity contribution in [2.45, 2.75) is 19.1 Å². The monoisotopic (exact) mass is 409 g/mol. The summed E-state index contributed by atoms with van der Waals surface area (Å²) in [6.45, 7) is 6.33. The lowest BCUT2D eigenvalue weighted by Gasteiger charge is -2.37. The molecule has 2 saturated heterocycles. The Morgan fingerprint density at radius 3 is 2.47 bits per heavy atom. The fraction of sp³-hybridized carbons (Fsp3) is 0.391. The Balaban J connectivity index is 1.27. The van der Waals surface area contributed by atoms with Crippen molar-refractivity contribution >= 4 is 17.7 Å². The third-order valence-electron chi connectivity index (χ3n) is 5.62. The Hall–Kier alpha value is -3.06. The molecular formula is C23H27N3O4. The van der Waals surface area contributed by atoms with E-state index in [-0.39, 0.29) is 12.6 Å². The normalized spacial score (nSPS) is 21.8. The van der Waals surface area contributed by atoms with Crippen molar-refractivity contribution in [2.75, 3.05) is 44.2 Å². The molecule has 2 aromatic rings. The lowest BCUT2D eigenvalue weighted by Crippen LogP contribution is -2.52. The van der Waals surface area contributed by atoms with E-state index in [0.717, 1.165) is 31.7 Å². The van der Waals surface area contributed by atoms with E-state index in [2.05, 4.69) is 39.4 Å². The number of nitrogens with zero attached hydrogens (tertiary/aromatic N) is 2. The molecule has 0 radical (unpaired) electrons. The number of hydrogen-bond donors (Lipinski definition) is 1. The van der Waals surface area contributed by atoms with Gasteiger partial charge in [-0.2, -0.15) is 0 Å². The molecule has 2 aliphatic rings. The van der Waals surface area contributed by atoms with Crippen molar-refractivity contribution in [2.24, 2.45) is 0 Å². The molecule has 0 bridgehead atoms. The summed E-state index contributed by atoms with van der Waals surface area (Å²) in [7, 11) is 0. The second kappa shape index (κ2) is 9.17. The maximum absolute atomic E-state index is 12.3. The first-order valence-corrected chi connectivity index (χ1v) is 10.3. The molecular weight excluding hydrogens is 382 g/mol. The summed E-state index contributed by atoms with van der Waals surface area (Å²) in [5.74, 6) is -0.409. The third-order valence-corrected chi connectivity index (χ3v) is 5.62. The molecule has 2 atom stereocenters. The van der Waals surface area contributed by atoms with Gasteiger partial charge in [-0.3, -0.25) is 4.90 Å². The smallest absolute Gasteiger partial charge is 0.408 e. The minimum atomic E-state index is -0.487. The Morgan fingerprint density at radius 2 is 1.77 bits per heavy atom. The maximum Gasteiger partial charge on any atom is 0.408 e. The van der Waals surface area contributed by atoms with Crippen molar-refractivity contribution in [3.8, 4) is 0 Å². The molecule has 4 rings (SSSR count). The van der Waals surface area contributed by atoms with Crippen LogP contribution in [0.5, 0.6) is 0 Å². The van der Waals surface area contributed by atoms with Crippen LogP contribution >= 0.6 is 0 Å². The summed E-state index contributed by atoms with van der Waals surface area (Å²) in [5, 5.41) is 2.86. The first-order valence-electron chi connectivity index (χ1n) is 10.3. The van der Waals surface area contributed by atoms with Crippen molar-refractivity contribution in [3.63, 3.8) is 0 Å². The van der Waals surface area contributed by atoms with Crippen LogP contribution in [0.15, 0.2) is 54.6 Å². The van der Waals surface area contributed by atoms with E-state index in [1.807, 2.05) is 25.1 Å². The summed E-state index contributed by atoms with van der Waals surface area (Å²) in [5.41, 5.74) is 2.80. The quantitative estimate of drug-likeness (QED) is 0.739. The van der Waals surface area contributed by atoms with Crippen LogP contribution in [0, 0.1) is 6.92 Å². The number of esters is 1. The SMILES string of the molecule is Cc1ccc(C(=O)OC[C@H]2OC(=O)N[C@@H]2CN2CCN(c3ccccc3)CC2)cc1. The molecule has 1 amide bonds. The van der Waals surface area contributed by atoms with Gasteiger partial charge in [-0.1, -0.05) is 35.9 Å². The van der Waals surface area contributed by atoms with E-state index < -0.39 is 18.2 Å². The number of carbonyl (C=O) groups is 2. The van der Waals surface area contributed by atoms with E-state index in [0.29, 0.717) is 12.1 Å². The number of nitrogens with one attached hydrogen (secondary N) is 1. The van der Waals surface area contributed by atoms with Crippen LogP contribution in [0.4, 0.5) is 10.5 Å². The summed E-state index contributed by atoms with van der Waals surface area (Å²) < 4.78 is 10.8. The lowest BCUT2D eigenvalue weighted by molar-refractivity contribution is 0.0228. The number of carbonyl (C=O) groups excluding carboxylic acids is 2. The van der Waals surface area contributed by atoms with Gasteiger partial charge in [-0.25, -0.2) is 9.59 Å². The van der Waals surface area contributed by atoms with Crippen LogP contribution in [0.2, 0.25) is 0 Å². The molecule has 0 aromatic heterocycles. The van der Waals surface area contributed by atoms with Gasteiger partial charge in [0.15, 0.2) is 6.10 Å². The van der Waals surface area contributed by atoms with Gasteiger partial charge in [0.2, 0.25) is 0 Å². The number of rotatable bonds is 6. The molecule has 2 aromatic carbocycles. The number of piperazine rings is 1. The number of para-hydroxylation sites is 1.